The Labute approximate surface area is 175 Å². The van der Waals surface area contributed by atoms with E-state index in [-0.39, 0.29) is 17.3 Å². The van der Waals surface area contributed by atoms with Crippen LogP contribution in [0.1, 0.15) is 58.9 Å². The summed E-state index contributed by atoms with van der Waals surface area (Å²) in [6, 6.07) is 5.15. The summed E-state index contributed by atoms with van der Waals surface area (Å²) in [5.74, 6) is -0.992. The molecule has 1 aliphatic carbocycles. The summed E-state index contributed by atoms with van der Waals surface area (Å²) in [7, 11) is 0. The smallest absolute Gasteiger partial charge is 0.337 e. The van der Waals surface area contributed by atoms with Crippen molar-refractivity contribution in [2.45, 2.75) is 59.5 Å². The second kappa shape index (κ2) is 7.57. The third kappa shape index (κ3) is 3.99. The second-order valence-electron chi connectivity index (χ2n) is 8.55. The van der Waals surface area contributed by atoms with Crippen LogP contribution in [0.5, 0.6) is 0 Å². The Hall–Kier alpha value is -1.78. The van der Waals surface area contributed by atoms with Crippen LogP contribution in [-0.4, -0.2) is 17.9 Å². The molecular formula is C22H25Cl2NO3. The average Bonchev–Trinajstić information content (AvgIpc) is 2.51. The third-order valence-corrected chi connectivity index (χ3v) is 5.64. The molecule has 0 bridgehead atoms. The van der Waals surface area contributed by atoms with Crippen LogP contribution in [0.4, 0.5) is 0 Å². The van der Waals surface area contributed by atoms with Gasteiger partial charge in [0.15, 0.2) is 5.78 Å². The standard InChI is InChI=1S/C22H25Cl2NO3/c1-11(2)28-21(27)18-12(3)25-16-9-22(4,5)10-17(26)20(16)19(18)14-7-6-13(23)8-15(14)24/h6-8,11,19,25H,9-10H2,1-5H3/t19-/m1/s1. The number of carbonyl (C=O) groups is 2. The zero-order chi connectivity index (χ0) is 20.8. The van der Waals surface area contributed by atoms with E-state index in [0.717, 1.165) is 12.1 Å². The van der Waals surface area contributed by atoms with Gasteiger partial charge in [-0.15, -0.1) is 0 Å². The van der Waals surface area contributed by atoms with Crippen molar-refractivity contribution in [2.24, 2.45) is 5.41 Å². The van der Waals surface area contributed by atoms with Crippen LogP contribution in [0.25, 0.3) is 0 Å². The van der Waals surface area contributed by atoms with Gasteiger partial charge < -0.3 is 10.1 Å². The molecule has 4 nitrogen and oxygen atoms in total. The summed E-state index contributed by atoms with van der Waals surface area (Å²) in [5.41, 5.74) is 3.10. The molecule has 1 aromatic carbocycles. The molecule has 150 valence electrons. The maximum Gasteiger partial charge on any atom is 0.337 e. The molecule has 0 fully saturated rings. The van der Waals surface area contributed by atoms with Gasteiger partial charge in [0.05, 0.1) is 11.7 Å². The zero-order valence-electron chi connectivity index (χ0n) is 16.8. The van der Waals surface area contributed by atoms with E-state index in [1.807, 2.05) is 6.92 Å². The lowest BCUT2D eigenvalue weighted by Crippen LogP contribution is -2.39. The first-order valence-corrected chi connectivity index (χ1v) is 10.2. The number of rotatable bonds is 3. The number of ether oxygens (including phenoxy) is 1. The van der Waals surface area contributed by atoms with Crippen molar-refractivity contribution >= 4 is 35.0 Å². The van der Waals surface area contributed by atoms with E-state index in [1.165, 1.54) is 0 Å². The highest BCUT2D eigenvalue weighted by Crippen LogP contribution is 2.48. The Morgan fingerprint density at radius 1 is 1.25 bits per heavy atom. The van der Waals surface area contributed by atoms with Gasteiger partial charge >= 0.3 is 5.97 Å². The van der Waals surface area contributed by atoms with Gasteiger partial charge in [-0.3, -0.25) is 4.79 Å². The number of halogens is 2. The van der Waals surface area contributed by atoms with Gasteiger partial charge in [0.25, 0.3) is 0 Å². The molecule has 1 atom stereocenters. The van der Waals surface area contributed by atoms with E-state index in [9.17, 15) is 9.59 Å². The average molecular weight is 422 g/mol. The molecule has 2 aliphatic rings. The van der Waals surface area contributed by atoms with Gasteiger partial charge in [0, 0.05) is 39.4 Å². The van der Waals surface area contributed by atoms with Crippen LogP contribution < -0.4 is 5.32 Å². The van der Waals surface area contributed by atoms with Crippen LogP contribution in [0, 0.1) is 5.41 Å². The first-order chi connectivity index (χ1) is 13.0. The summed E-state index contributed by atoms with van der Waals surface area (Å²) < 4.78 is 5.49. The van der Waals surface area contributed by atoms with Crippen molar-refractivity contribution < 1.29 is 14.3 Å². The molecule has 6 heteroatoms. The lowest BCUT2D eigenvalue weighted by atomic mass is 9.68. The van der Waals surface area contributed by atoms with E-state index in [2.05, 4.69) is 19.2 Å². The molecule has 28 heavy (non-hydrogen) atoms. The highest BCUT2D eigenvalue weighted by atomic mass is 35.5. The molecule has 0 saturated carbocycles. The second-order valence-corrected chi connectivity index (χ2v) is 9.39. The van der Waals surface area contributed by atoms with Crippen LogP contribution >= 0.6 is 23.2 Å². The quantitative estimate of drug-likeness (QED) is 0.649. The number of ketones is 1. The lowest BCUT2D eigenvalue weighted by Gasteiger charge is -2.39. The normalized spacial score (nSPS) is 21.6. The highest BCUT2D eigenvalue weighted by Gasteiger charge is 2.43. The summed E-state index contributed by atoms with van der Waals surface area (Å²) in [6.07, 6.45) is 0.867. The SMILES string of the molecule is CC1=C(C(=O)OC(C)C)[C@@H](c2ccc(Cl)cc2Cl)C2=C(CC(C)(C)CC2=O)N1. The number of nitrogens with one attached hydrogen (secondary N) is 1. The molecule has 0 spiro atoms. The Morgan fingerprint density at radius 3 is 2.54 bits per heavy atom. The summed E-state index contributed by atoms with van der Waals surface area (Å²) in [6.45, 7) is 9.58. The minimum atomic E-state index is -0.573. The van der Waals surface area contributed by atoms with Gasteiger partial charge in [0.1, 0.15) is 0 Å². The summed E-state index contributed by atoms with van der Waals surface area (Å²) in [5, 5.41) is 4.23. The molecule has 0 radical (unpaired) electrons. The van der Waals surface area contributed by atoms with E-state index in [0.29, 0.717) is 38.9 Å². The zero-order valence-corrected chi connectivity index (χ0v) is 18.3. The van der Waals surface area contributed by atoms with E-state index in [4.69, 9.17) is 27.9 Å². The number of Topliss-reactive ketones (excluding diaryl/α,β-unsaturated/α-hetero) is 1. The number of hydrogen-bond acceptors (Lipinski definition) is 4. The predicted molar refractivity (Wildman–Crippen MR) is 111 cm³/mol. The Kier molecular flexibility index (Phi) is 5.66. The van der Waals surface area contributed by atoms with E-state index < -0.39 is 11.9 Å². The van der Waals surface area contributed by atoms with E-state index >= 15 is 0 Å². The fraction of sp³-hybridized carbons (Fsp3) is 0.455. The number of dihydropyridines is 1. The molecule has 0 unspecified atom stereocenters. The van der Waals surface area contributed by atoms with Gasteiger partial charge in [-0.2, -0.15) is 0 Å². The van der Waals surface area contributed by atoms with Crippen LogP contribution in [0.3, 0.4) is 0 Å². The molecule has 0 aromatic heterocycles. The van der Waals surface area contributed by atoms with Crippen molar-refractivity contribution in [1.82, 2.24) is 5.32 Å². The molecule has 0 saturated heterocycles. The minimum Gasteiger partial charge on any atom is -0.460 e. The Balaban J connectivity index is 2.21. The largest absolute Gasteiger partial charge is 0.460 e. The number of carbonyl (C=O) groups excluding carboxylic acids is 2. The number of esters is 1. The van der Waals surface area contributed by atoms with Crippen molar-refractivity contribution in [1.29, 1.82) is 0 Å². The molecule has 0 amide bonds. The number of hydrogen-bond donors (Lipinski definition) is 1. The fourth-order valence-corrected chi connectivity index (χ4v) is 4.55. The van der Waals surface area contributed by atoms with Crippen LogP contribution in [0.2, 0.25) is 10.0 Å². The molecule has 1 aromatic rings. The number of benzene rings is 1. The van der Waals surface area contributed by atoms with E-state index in [1.54, 1.807) is 32.0 Å². The van der Waals surface area contributed by atoms with Gasteiger partial charge in [-0.05, 0) is 50.3 Å². The molecule has 1 N–H and O–H groups in total. The maximum absolute atomic E-state index is 13.2. The molecule has 1 aliphatic heterocycles. The molecular weight excluding hydrogens is 397 g/mol. The van der Waals surface area contributed by atoms with Crippen molar-refractivity contribution in [3.63, 3.8) is 0 Å². The monoisotopic (exact) mass is 421 g/mol. The first kappa shape index (κ1) is 20.9. The summed E-state index contributed by atoms with van der Waals surface area (Å²) in [4.78, 5) is 26.1. The number of allylic oxidation sites excluding steroid dienone is 3. The lowest BCUT2D eigenvalue weighted by molar-refractivity contribution is -0.143. The van der Waals surface area contributed by atoms with Crippen molar-refractivity contribution in [3.05, 3.63) is 56.3 Å². The van der Waals surface area contributed by atoms with Crippen molar-refractivity contribution in [3.8, 4) is 0 Å². The fourth-order valence-electron chi connectivity index (χ4n) is 4.03. The highest BCUT2D eigenvalue weighted by molar-refractivity contribution is 6.35. The minimum absolute atomic E-state index is 0.0251. The van der Waals surface area contributed by atoms with Gasteiger partial charge in [-0.25, -0.2) is 4.79 Å². The topological polar surface area (TPSA) is 55.4 Å². The first-order valence-electron chi connectivity index (χ1n) is 9.40. The predicted octanol–water partition coefficient (Wildman–Crippen LogP) is 5.55. The Bertz CT molecular complexity index is 912. The van der Waals surface area contributed by atoms with Crippen LogP contribution in [-0.2, 0) is 14.3 Å². The summed E-state index contributed by atoms with van der Waals surface area (Å²) >= 11 is 12.6. The van der Waals surface area contributed by atoms with Crippen LogP contribution in [0.15, 0.2) is 40.7 Å². The Morgan fingerprint density at radius 2 is 1.93 bits per heavy atom. The maximum atomic E-state index is 13.2. The van der Waals surface area contributed by atoms with Gasteiger partial charge in [0.2, 0.25) is 0 Å². The molecule has 3 rings (SSSR count). The molecule has 1 heterocycles. The van der Waals surface area contributed by atoms with Gasteiger partial charge in [-0.1, -0.05) is 43.1 Å². The van der Waals surface area contributed by atoms with Crippen molar-refractivity contribution in [2.75, 3.05) is 0 Å². The third-order valence-electron chi connectivity index (χ3n) is 5.08.